The zero-order chi connectivity index (χ0) is 14.5. The van der Waals surface area contributed by atoms with Gasteiger partial charge in [0.1, 0.15) is 6.10 Å². The van der Waals surface area contributed by atoms with E-state index in [1.54, 1.807) is 7.11 Å². The standard InChI is InChI=1S/C17H19BrO2/c1-12-4-3-5-15(16(12)18)17(19)14-8-6-13(7-9-14)10-11-20-2/h3-9,17,19H,10-11H2,1-2H3. The molecule has 0 aliphatic rings. The summed E-state index contributed by atoms with van der Waals surface area (Å²) in [6.45, 7) is 2.74. The molecule has 0 radical (unpaired) electrons. The first-order valence-electron chi connectivity index (χ1n) is 6.64. The molecule has 0 spiro atoms. The summed E-state index contributed by atoms with van der Waals surface area (Å²) < 4.78 is 6.03. The maximum absolute atomic E-state index is 10.5. The minimum Gasteiger partial charge on any atom is -0.384 e. The number of halogens is 1. The Hall–Kier alpha value is -1.16. The number of methoxy groups -OCH3 is 1. The Morgan fingerprint density at radius 1 is 1.15 bits per heavy atom. The van der Waals surface area contributed by atoms with Crippen LogP contribution >= 0.6 is 15.9 Å². The van der Waals surface area contributed by atoms with Crippen LogP contribution in [0.15, 0.2) is 46.9 Å². The van der Waals surface area contributed by atoms with Crippen LogP contribution in [0.1, 0.15) is 28.4 Å². The summed E-state index contributed by atoms with van der Waals surface area (Å²) in [4.78, 5) is 0. The Kier molecular flexibility index (Phi) is 5.35. The summed E-state index contributed by atoms with van der Waals surface area (Å²) in [5.41, 5.74) is 4.14. The zero-order valence-electron chi connectivity index (χ0n) is 11.8. The molecule has 0 saturated heterocycles. The van der Waals surface area contributed by atoms with Gasteiger partial charge in [-0.15, -0.1) is 0 Å². The van der Waals surface area contributed by atoms with Crippen molar-refractivity contribution < 1.29 is 9.84 Å². The van der Waals surface area contributed by atoms with Crippen molar-refractivity contribution in [3.63, 3.8) is 0 Å². The second kappa shape index (κ2) is 7.02. The number of ether oxygens (including phenoxy) is 1. The fraction of sp³-hybridized carbons (Fsp3) is 0.294. The maximum Gasteiger partial charge on any atom is 0.105 e. The molecule has 0 aliphatic heterocycles. The van der Waals surface area contributed by atoms with E-state index in [1.807, 2.05) is 49.4 Å². The zero-order valence-corrected chi connectivity index (χ0v) is 13.4. The first-order valence-corrected chi connectivity index (χ1v) is 7.43. The van der Waals surface area contributed by atoms with Crippen LogP contribution in [0.4, 0.5) is 0 Å². The van der Waals surface area contributed by atoms with Crippen molar-refractivity contribution in [2.24, 2.45) is 0 Å². The van der Waals surface area contributed by atoms with E-state index >= 15 is 0 Å². The SMILES string of the molecule is COCCc1ccc(C(O)c2cccc(C)c2Br)cc1. The summed E-state index contributed by atoms with van der Waals surface area (Å²) in [7, 11) is 1.70. The van der Waals surface area contributed by atoms with Gasteiger partial charge in [-0.2, -0.15) is 0 Å². The molecule has 1 N–H and O–H groups in total. The molecular weight excluding hydrogens is 316 g/mol. The molecule has 0 heterocycles. The van der Waals surface area contributed by atoms with Crippen molar-refractivity contribution >= 4 is 15.9 Å². The van der Waals surface area contributed by atoms with Gasteiger partial charge in [-0.3, -0.25) is 0 Å². The normalized spacial score (nSPS) is 12.4. The molecule has 2 aromatic carbocycles. The monoisotopic (exact) mass is 334 g/mol. The number of aryl methyl sites for hydroxylation is 1. The van der Waals surface area contributed by atoms with Gasteiger partial charge in [0.15, 0.2) is 0 Å². The van der Waals surface area contributed by atoms with E-state index < -0.39 is 6.10 Å². The van der Waals surface area contributed by atoms with Crippen molar-refractivity contribution in [2.45, 2.75) is 19.4 Å². The van der Waals surface area contributed by atoms with Gasteiger partial charge < -0.3 is 9.84 Å². The quantitative estimate of drug-likeness (QED) is 0.894. The molecule has 2 rings (SSSR count). The van der Waals surface area contributed by atoms with E-state index in [9.17, 15) is 5.11 Å². The van der Waals surface area contributed by atoms with E-state index in [4.69, 9.17) is 4.74 Å². The second-order valence-corrected chi connectivity index (χ2v) is 5.66. The van der Waals surface area contributed by atoms with Gasteiger partial charge in [0.05, 0.1) is 6.61 Å². The highest BCUT2D eigenvalue weighted by Gasteiger charge is 2.14. The second-order valence-electron chi connectivity index (χ2n) is 4.87. The molecule has 106 valence electrons. The van der Waals surface area contributed by atoms with E-state index in [2.05, 4.69) is 15.9 Å². The summed E-state index contributed by atoms with van der Waals surface area (Å²) in [5, 5.41) is 10.5. The van der Waals surface area contributed by atoms with Gasteiger partial charge in [-0.1, -0.05) is 58.4 Å². The van der Waals surface area contributed by atoms with Gasteiger partial charge in [-0.05, 0) is 35.6 Å². The highest BCUT2D eigenvalue weighted by Crippen LogP contribution is 2.30. The van der Waals surface area contributed by atoms with Crippen molar-refractivity contribution in [2.75, 3.05) is 13.7 Å². The lowest BCUT2D eigenvalue weighted by molar-refractivity contribution is 0.202. The predicted molar refractivity (Wildman–Crippen MR) is 85.0 cm³/mol. The fourth-order valence-electron chi connectivity index (χ4n) is 2.15. The van der Waals surface area contributed by atoms with E-state index in [0.29, 0.717) is 6.61 Å². The number of aliphatic hydroxyl groups is 1. The summed E-state index contributed by atoms with van der Waals surface area (Å²) >= 11 is 3.55. The first kappa shape index (κ1) is 15.2. The minimum atomic E-state index is -0.610. The topological polar surface area (TPSA) is 29.5 Å². The maximum atomic E-state index is 10.5. The minimum absolute atomic E-state index is 0.610. The first-order chi connectivity index (χ1) is 9.63. The summed E-state index contributed by atoms with van der Waals surface area (Å²) in [6, 6.07) is 14.0. The Labute approximate surface area is 128 Å². The van der Waals surface area contributed by atoms with Crippen LogP contribution in [0, 0.1) is 6.92 Å². The van der Waals surface area contributed by atoms with Crippen molar-refractivity contribution in [3.8, 4) is 0 Å². The highest BCUT2D eigenvalue weighted by molar-refractivity contribution is 9.10. The molecule has 0 aromatic heterocycles. The van der Waals surface area contributed by atoms with Crippen LogP contribution in [-0.4, -0.2) is 18.8 Å². The molecule has 0 aliphatic carbocycles. The van der Waals surface area contributed by atoms with Crippen LogP contribution in [0.25, 0.3) is 0 Å². The molecule has 1 atom stereocenters. The lowest BCUT2D eigenvalue weighted by Gasteiger charge is -2.15. The fourth-order valence-corrected chi connectivity index (χ4v) is 2.63. The van der Waals surface area contributed by atoms with Crippen molar-refractivity contribution in [1.82, 2.24) is 0 Å². The van der Waals surface area contributed by atoms with Crippen LogP contribution in [-0.2, 0) is 11.2 Å². The number of aliphatic hydroxyl groups excluding tert-OH is 1. The predicted octanol–water partition coefficient (Wildman–Crippen LogP) is 4.03. The number of rotatable bonds is 5. The summed E-state index contributed by atoms with van der Waals surface area (Å²) in [6.07, 6.45) is 0.279. The third-order valence-corrected chi connectivity index (χ3v) is 4.49. The molecule has 20 heavy (non-hydrogen) atoms. The van der Waals surface area contributed by atoms with Gasteiger partial charge in [0.25, 0.3) is 0 Å². The van der Waals surface area contributed by atoms with Crippen molar-refractivity contribution in [1.29, 1.82) is 0 Å². The highest BCUT2D eigenvalue weighted by atomic mass is 79.9. The molecule has 1 unspecified atom stereocenters. The third-order valence-electron chi connectivity index (χ3n) is 3.41. The average molecular weight is 335 g/mol. The molecular formula is C17H19BrO2. The van der Waals surface area contributed by atoms with Crippen LogP contribution in [0.2, 0.25) is 0 Å². The van der Waals surface area contributed by atoms with Gasteiger partial charge in [0, 0.05) is 11.6 Å². The molecule has 0 bridgehead atoms. The molecule has 2 aromatic rings. The molecule has 2 nitrogen and oxygen atoms in total. The van der Waals surface area contributed by atoms with Gasteiger partial charge in [-0.25, -0.2) is 0 Å². The van der Waals surface area contributed by atoms with Crippen LogP contribution in [0.5, 0.6) is 0 Å². The molecule has 3 heteroatoms. The average Bonchev–Trinajstić information content (AvgIpc) is 2.48. The Balaban J connectivity index is 2.20. The smallest absolute Gasteiger partial charge is 0.105 e. The lowest BCUT2D eigenvalue weighted by Crippen LogP contribution is -2.02. The lowest BCUT2D eigenvalue weighted by atomic mass is 9.98. The third kappa shape index (κ3) is 3.48. The Morgan fingerprint density at radius 3 is 2.50 bits per heavy atom. The van der Waals surface area contributed by atoms with Crippen LogP contribution < -0.4 is 0 Å². The molecule has 0 saturated carbocycles. The van der Waals surface area contributed by atoms with Gasteiger partial charge >= 0.3 is 0 Å². The number of hydrogen-bond acceptors (Lipinski definition) is 2. The van der Waals surface area contributed by atoms with Crippen LogP contribution in [0.3, 0.4) is 0 Å². The van der Waals surface area contributed by atoms with E-state index in [0.717, 1.165) is 27.6 Å². The summed E-state index contributed by atoms with van der Waals surface area (Å²) in [5.74, 6) is 0. The molecule has 0 fully saturated rings. The number of benzene rings is 2. The number of hydrogen-bond donors (Lipinski definition) is 1. The molecule has 0 amide bonds. The Bertz CT molecular complexity index is 564. The van der Waals surface area contributed by atoms with E-state index in [-0.39, 0.29) is 0 Å². The largest absolute Gasteiger partial charge is 0.384 e. The van der Waals surface area contributed by atoms with Gasteiger partial charge in [0.2, 0.25) is 0 Å². The Morgan fingerprint density at radius 2 is 1.85 bits per heavy atom. The van der Waals surface area contributed by atoms with E-state index in [1.165, 1.54) is 5.56 Å². The van der Waals surface area contributed by atoms with Crippen molar-refractivity contribution in [3.05, 3.63) is 69.2 Å².